The Balaban J connectivity index is 5.98. The highest BCUT2D eigenvalue weighted by atomic mass is 19.4. The molecule has 0 fully saturated rings. The third-order valence-corrected chi connectivity index (χ3v) is 4.04. The van der Waals surface area contributed by atoms with Crippen LogP contribution in [0, 0.1) is 5.92 Å². The summed E-state index contributed by atoms with van der Waals surface area (Å²) in [4.78, 5) is 0. The van der Waals surface area contributed by atoms with Crippen molar-refractivity contribution in [2.24, 2.45) is 5.92 Å². The zero-order valence-corrected chi connectivity index (χ0v) is 14.9. The Labute approximate surface area is 160 Å². The fourth-order valence-corrected chi connectivity index (χ4v) is 2.35. The number of hydrogen-bond acceptors (Lipinski definition) is 2. The van der Waals surface area contributed by atoms with Gasteiger partial charge in [0.15, 0.2) is 0 Å². The van der Waals surface area contributed by atoms with Crippen molar-refractivity contribution in [3.63, 3.8) is 0 Å². The van der Waals surface area contributed by atoms with Crippen LogP contribution >= 0.6 is 0 Å². The summed E-state index contributed by atoms with van der Waals surface area (Å²) >= 11 is 0. The number of hydrogen-bond donors (Lipinski definition) is 0. The van der Waals surface area contributed by atoms with Gasteiger partial charge in [0, 0.05) is 26.6 Å². The predicted octanol–water partition coefficient (Wildman–Crippen LogP) is 6.10. The van der Waals surface area contributed by atoms with Crippen LogP contribution in [0.2, 0.25) is 0 Å². The van der Waals surface area contributed by atoms with Crippen LogP contribution in [0.3, 0.4) is 0 Å². The van der Waals surface area contributed by atoms with Crippen molar-refractivity contribution in [3.8, 4) is 0 Å². The van der Waals surface area contributed by atoms with Gasteiger partial charge in [0.05, 0.1) is 13.2 Å². The van der Waals surface area contributed by atoms with Crippen LogP contribution < -0.4 is 0 Å². The van der Waals surface area contributed by atoms with E-state index in [4.69, 9.17) is 0 Å². The van der Waals surface area contributed by atoms with Crippen LogP contribution in [-0.2, 0) is 9.47 Å². The van der Waals surface area contributed by atoms with Gasteiger partial charge in [0.25, 0.3) is 11.3 Å². The molecule has 0 atom stereocenters. The molecule has 0 heterocycles. The van der Waals surface area contributed by atoms with Crippen LogP contribution in [-0.4, -0.2) is 63.0 Å². The van der Waals surface area contributed by atoms with Crippen molar-refractivity contribution in [2.75, 3.05) is 26.9 Å². The second-order valence-corrected chi connectivity index (χ2v) is 6.26. The molecule has 0 aromatic carbocycles. The second kappa shape index (κ2) is 9.61. The molecule has 0 rings (SSSR count). The quantitative estimate of drug-likeness (QED) is 0.277. The smallest absolute Gasteiger partial charge is 0.382 e. The number of methoxy groups -OCH3 is 1. The molecule has 0 N–H and O–H groups in total. The van der Waals surface area contributed by atoms with Crippen LogP contribution in [0.4, 0.5) is 61.5 Å². The average molecular weight is 482 g/mol. The van der Waals surface area contributed by atoms with Crippen LogP contribution in [0.25, 0.3) is 0 Å². The van der Waals surface area contributed by atoms with E-state index < -0.39 is 67.8 Å². The summed E-state index contributed by atoms with van der Waals surface area (Å²) in [5.41, 5.74) is -12.3. The standard InChI is InChI=1S/C14H16F14O2/c1-29-4-5-30-3-2-8(6-9(15,11(17,18)19)12(20,21)22)7-10(16,13(23,24)25)14(26,27)28/h8H,2-7H2,1H3. The molecule has 30 heavy (non-hydrogen) atoms. The lowest BCUT2D eigenvalue weighted by atomic mass is 9.81. The van der Waals surface area contributed by atoms with E-state index in [9.17, 15) is 61.5 Å². The van der Waals surface area contributed by atoms with E-state index >= 15 is 0 Å². The maximum Gasteiger partial charge on any atom is 0.431 e. The molecule has 0 radical (unpaired) electrons. The average Bonchev–Trinajstić information content (AvgIpc) is 2.49. The summed E-state index contributed by atoms with van der Waals surface area (Å²) in [6.07, 6.45) is -34.2. The first-order valence-corrected chi connectivity index (χ1v) is 7.85. The molecule has 0 bridgehead atoms. The fourth-order valence-electron chi connectivity index (χ4n) is 2.35. The van der Waals surface area contributed by atoms with Gasteiger partial charge < -0.3 is 9.47 Å². The van der Waals surface area contributed by atoms with Crippen LogP contribution in [0.1, 0.15) is 19.3 Å². The second-order valence-electron chi connectivity index (χ2n) is 6.26. The van der Waals surface area contributed by atoms with E-state index in [-0.39, 0.29) is 13.2 Å². The molecular weight excluding hydrogens is 466 g/mol. The first-order chi connectivity index (χ1) is 13.1. The molecule has 0 spiro atoms. The minimum atomic E-state index is -6.74. The summed E-state index contributed by atoms with van der Waals surface area (Å²) in [7, 11) is 1.14. The lowest BCUT2D eigenvalue weighted by Crippen LogP contribution is -2.57. The number of alkyl halides is 14. The Hall–Kier alpha value is -1.06. The Morgan fingerprint density at radius 3 is 1.13 bits per heavy atom. The lowest BCUT2D eigenvalue weighted by molar-refractivity contribution is -0.357. The normalized spacial score (nSPS) is 15.2. The summed E-state index contributed by atoms with van der Waals surface area (Å²) in [6, 6.07) is 0. The molecule has 0 saturated heterocycles. The summed E-state index contributed by atoms with van der Waals surface area (Å²) in [6.45, 7) is -1.56. The third-order valence-electron chi connectivity index (χ3n) is 4.04. The molecule has 0 unspecified atom stereocenters. The minimum Gasteiger partial charge on any atom is -0.382 e. The molecule has 0 aliphatic heterocycles. The Morgan fingerprint density at radius 2 is 0.867 bits per heavy atom. The number of halogens is 14. The van der Waals surface area contributed by atoms with E-state index in [0.29, 0.717) is 0 Å². The number of ether oxygens (including phenoxy) is 2. The predicted molar refractivity (Wildman–Crippen MR) is 71.9 cm³/mol. The molecular formula is C14H16F14O2. The maximum atomic E-state index is 13.9. The summed E-state index contributed by atoms with van der Waals surface area (Å²) < 4.78 is 189. The first kappa shape index (κ1) is 28.9. The molecule has 2 nitrogen and oxygen atoms in total. The Morgan fingerprint density at radius 1 is 0.533 bits per heavy atom. The van der Waals surface area contributed by atoms with Crippen molar-refractivity contribution >= 4 is 0 Å². The highest BCUT2D eigenvalue weighted by Gasteiger charge is 2.75. The molecule has 0 amide bonds. The van der Waals surface area contributed by atoms with Gasteiger partial charge in [0.1, 0.15) is 0 Å². The van der Waals surface area contributed by atoms with Gasteiger partial charge in [-0.3, -0.25) is 0 Å². The molecule has 16 heteroatoms. The highest BCUT2D eigenvalue weighted by Crippen LogP contribution is 2.54. The molecule has 0 aliphatic rings. The Bertz CT molecular complexity index is 451. The van der Waals surface area contributed by atoms with Crippen molar-refractivity contribution in [1.29, 1.82) is 0 Å². The van der Waals surface area contributed by atoms with Gasteiger partial charge in [-0.05, 0) is 12.3 Å². The van der Waals surface area contributed by atoms with Gasteiger partial charge in [-0.25, -0.2) is 8.78 Å². The maximum absolute atomic E-state index is 13.9. The van der Waals surface area contributed by atoms with E-state index in [1.54, 1.807) is 0 Å². The molecule has 0 aromatic rings. The van der Waals surface area contributed by atoms with E-state index in [2.05, 4.69) is 9.47 Å². The molecule has 0 aliphatic carbocycles. The zero-order valence-electron chi connectivity index (χ0n) is 14.9. The van der Waals surface area contributed by atoms with E-state index in [0.717, 1.165) is 7.11 Å². The van der Waals surface area contributed by atoms with E-state index in [1.807, 2.05) is 0 Å². The largest absolute Gasteiger partial charge is 0.431 e. The van der Waals surface area contributed by atoms with Crippen molar-refractivity contribution < 1.29 is 70.9 Å². The van der Waals surface area contributed by atoms with Crippen molar-refractivity contribution in [1.82, 2.24) is 0 Å². The molecule has 0 aromatic heterocycles. The van der Waals surface area contributed by atoms with Gasteiger partial charge in [0.2, 0.25) is 0 Å². The van der Waals surface area contributed by atoms with Crippen molar-refractivity contribution in [2.45, 2.75) is 55.3 Å². The van der Waals surface area contributed by atoms with Gasteiger partial charge in [-0.15, -0.1) is 0 Å². The first-order valence-electron chi connectivity index (χ1n) is 7.85. The fraction of sp³-hybridized carbons (Fsp3) is 1.00. The number of rotatable bonds is 10. The Kier molecular flexibility index (Phi) is 9.27. The monoisotopic (exact) mass is 482 g/mol. The van der Waals surface area contributed by atoms with Crippen molar-refractivity contribution in [3.05, 3.63) is 0 Å². The molecule has 182 valence electrons. The van der Waals surface area contributed by atoms with Gasteiger partial charge in [-0.1, -0.05) is 0 Å². The topological polar surface area (TPSA) is 18.5 Å². The summed E-state index contributed by atoms with van der Waals surface area (Å²) in [5.74, 6) is -3.01. The summed E-state index contributed by atoms with van der Waals surface area (Å²) in [5, 5.41) is 0. The van der Waals surface area contributed by atoms with Crippen LogP contribution in [0.5, 0.6) is 0 Å². The van der Waals surface area contributed by atoms with Crippen LogP contribution in [0.15, 0.2) is 0 Å². The lowest BCUT2D eigenvalue weighted by Gasteiger charge is -2.37. The van der Waals surface area contributed by atoms with Gasteiger partial charge >= 0.3 is 24.7 Å². The minimum absolute atomic E-state index is 0.193. The SMILES string of the molecule is COCCOCCC(CC(F)(C(F)(F)F)C(F)(F)F)CC(F)(C(F)(F)F)C(F)(F)F. The molecule has 0 saturated carbocycles. The zero-order chi connectivity index (χ0) is 24.2. The van der Waals surface area contributed by atoms with E-state index in [1.165, 1.54) is 0 Å². The van der Waals surface area contributed by atoms with Gasteiger partial charge in [-0.2, -0.15) is 52.7 Å². The third kappa shape index (κ3) is 6.72. The highest BCUT2D eigenvalue weighted by molar-refractivity contribution is 5.01.